The van der Waals surface area contributed by atoms with E-state index in [0.29, 0.717) is 36.5 Å². The standard InChI is InChI=1S/C23H27N5O3/c1-15(2)18-12-19(21(30)13-20(18)29)22-26-27-23(31)28(22)14-17-6-4-16(5-7-17)8-11-25-10-3-9-24/h4-7,12-13,15,25,29-30H,3,8,10-11,14H2,1-2H3,(H,27,31). The van der Waals surface area contributed by atoms with Gasteiger partial charge in [-0.05, 0) is 41.6 Å². The van der Waals surface area contributed by atoms with Gasteiger partial charge in [0.25, 0.3) is 0 Å². The van der Waals surface area contributed by atoms with Gasteiger partial charge in [0.2, 0.25) is 0 Å². The molecule has 0 saturated carbocycles. The lowest BCUT2D eigenvalue weighted by Gasteiger charge is -2.14. The van der Waals surface area contributed by atoms with Gasteiger partial charge < -0.3 is 20.6 Å². The first kappa shape index (κ1) is 22.1. The molecule has 3 aromatic rings. The zero-order chi connectivity index (χ0) is 22.4. The van der Waals surface area contributed by atoms with Crippen molar-refractivity contribution in [3.05, 3.63) is 53.1 Å². The molecule has 0 fully saturated rings. The Morgan fingerprint density at radius 2 is 1.71 bits per heavy atom. The molecular weight excluding hydrogens is 394 g/mol. The van der Waals surface area contributed by atoms with E-state index in [4.69, 9.17) is 5.26 Å². The molecule has 1 heterocycles. The van der Waals surface area contributed by atoms with E-state index in [1.807, 2.05) is 38.1 Å². The van der Waals surface area contributed by atoms with Crippen molar-refractivity contribution in [2.45, 2.75) is 39.2 Å². The van der Waals surface area contributed by atoms with Gasteiger partial charge in [-0.25, -0.2) is 0 Å². The Morgan fingerprint density at radius 1 is 1.00 bits per heavy atom. The van der Waals surface area contributed by atoms with Crippen LogP contribution in [0.1, 0.15) is 42.9 Å². The Balaban J connectivity index is 1.78. The second kappa shape index (κ2) is 9.96. The lowest BCUT2D eigenvalue weighted by Crippen LogP contribution is -2.18. The summed E-state index contributed by atoms with van der Waals surface area (Å²) in [5.74, 6) is 0.257. The van der Waals surface area contributed by atoms with Crippen LogP contribution in [-0.4, -0.2) is 43.2 Å². The summed E-state index contributed by atoms with van der Waals surface area (Å²) in [6.45, 7) is 5.70. The maximum Gasteiger partial charge on any atom is 0.315 e. The number of benzene rings is 2. The molecule has 0 aliphatic rings. The predicted octanol–water partition coefficient (Wildman–Crippen LogP) is 3.28. The predicted molar refractivity (Wildman–Crippen MR) is 117 cm³/mol. The van der Waals surface area contributed by atoms with Crippen LogP contribution in [-0.2, 0) is 13.0 Å². The zero-order valence-electron chi connectivity index (χ0n) is 17.7. The summed E-state index contributed by atoms with van der Waals surface area (Å²) in [5.41, 5.74) is 3.18. The molecule has 3 rings (SSSR count). The van der Waals surface area contributed by atoms with Crippen molar-refractivity contribution in [1.29, 1.82) is 5.26 Å². The minimum atomic E-state index is -0.251. The van der Waals surface area contributed by atoms with Crippen LogP contribution in [0.15, 0.2) is 36.4 Å². The molecule has 0 radical (unpaired) electrons. The van der Waals surface area contributed by atoms with Crippen molar-refractivity contribution < 1.29 is 15.3 Å². The van der Waals surface area contributed by atoms with Crippen LogP contribution in [0.4, 0.5) is 0 Å². The van der Waals surface area contributed by atoms with Gasteiger partial charge in [0.1, 0.15) is 11.5 Å². The molecule has 0 saturated heterocycles. The molecule has 31 heavy (non-hydrogen) atoms. The Kier molecular flexibility index (Phi) is 7.11. The fourth-order valence-electron chi connectivity index (χ4n) is 3.37. The normalized spacial score (nSPS) is 11.0. The molecule has 0 bridgehead atoms. The molecule has 0 atom stereocenters. The van der Waals surface area contributed by atoms with E-state index in [0.717, 1.165) is 18.5 Å². The van der Waals surface area contributed by atoms with Gasteiger partial charge in [0.05, 0.1) is 18.2 Å². The molecule has 8 nitrogen and oxygen atoms in total. The van der Waals surface area contributed by atoms with Crippen LogP contribution in [0.25, 0.3) is 11.4 Å². The van der Waals surface area contributed by atoms with Gasteiger partial charge in [-0.1, -0.05) is 43.2 Å². The summed E-state index contributed by atoms with van der Waals surface area (Å²) in [7, 11) is 0. The topological polar surface area (TPSA) is 127 Å². The molecule has 162 valence electrons. The van der Waals surface area contributed by atoms with Crippen LogP contribution in [0.3, 0.4) is 0 Å². The van der Waals surface area contributed by atoms with Crippen LogP contribution in [0.2, 0.25) is 0 Å². The number of phenolic OH excluding ortho intramolecular Hbond substituents is 2. The van der Waals surface area contributed by atoms with Gasteiger partial charge in [-0.3, -0.25) is 4.57 Å². The molecule has 0 aliphatic carbocycles. The largest absolute Gasteiger partial charge is 0.508 e. The summed E-state index contributed by atoms with van der Waals surface area (Å²) in [5, 5.41) is 50.3. The third-order valence-corrected chi connectivity index (χ3v) is 5.11. The van der Waals surface area contributed by atoms with E-state index in [9.17, 15) is 15.3 Å². The molecule has 4 N–H and O–H groups in total. The molecule has 0 unspecified atom stereocenters. The van der Waals surface area contributed by atoms with Gasteiger partial charge in [-0.2, -0.15) is 5.26 Å². The molecule has 8 heteroatoms. The summed E-state index contributed by atoms with van der Waals surface area (Å²) >= 11 is 0. The number of aromatic nitrogens is 3. The average molecular weight is 422 g/mol. The van der Waals surface area contributed by atoms with E-state index in [-0.39, 0.29) is 23.4 Å². The van der Waals surface area contributed by atoms with E-state index >= 15 is 0 Å². The van der Waals surface area contributed by atoms with E-state index in [1.54, 1.807) is 6.07 Å². The fourth-order valence-corrected chi connectivity index (χ4v) is 3.37. The number of hydrogen-bond acceptors (Lipinski definition) is 7. The summed E-state index contributed by atoms with van der Waals surface area (Å²) in [6, 6.07) is 12.8. The van der Waals surface area contributed by atoms with Crippen molar-refractivity contribution >= 4 is 0 Å². The van der Waals surface area contributed by atoms with Crippen molar-refractivity contribution in [3.8, 4) is 35.0 Å². The highest BCUT2D eigenvalue weighted by molar-refractivity contribution is 5.68. The second-order valence-corrected chi connectivity index (χ2v) is 7.72. The summed E-state index contributed by atoms with van der Waals surface area (Å²) < 4.78 is 1.52. The Bertz CT molecular complexity index is 1070. The van der Waals surface area contributed by atoms with E-state index in [1.165, 1.54) is 16.2 Å². The van der Waals surface area contributed by atoms with Gasteiger partial charge >= 0.3 is 6.01 Å². The van der Waals surface area contributed by atoms with Gasteiger partial charge in [0.15, 0.2) is 5.82 Å². The number of rotatable bonds is 9. The number of nitriles is 1. The van der Waals surface area contributed by atoms with E-state index in [2.05, 4.69) is 21.6 Å². The second-order valence-electron chi connectivity index (χ2n) is 7.72. The first-order valence-electron chi connectivity index (χ1n) is 10.2. The zero-order valence-corrected chi connectivity index (χ0v) is 17.7. The van der Waals surface area contributed by atoms with Crippen molar-refractivity contribution in [2.75, 3.05) is 13.1 Å². The molecule has 2 aromatic carbocycles. The third kappa shape index (κ3) is 5.32. The van der Waals surface area contributed by atoms with Crippen LogP contribution in [0.5, 0.6) is 17.5 Å². The first-order chi connectivity index (χ1) is 14.9. The fraction of sp³-hybridized carbons (Fsp3) is 0.348. The average Bonchev–Trinajstić information content (AvgIpc) is 3.09. The number of nitrogens with zero attached hydrogens (tertiary/aromatic N) is 4. The third-order valence-electron chi connectivity index (χ3n) is 5.11. The van der Waals surface area contributed by atoms with Crippen LogP contribution >= 0.6 is 0 Å². The highest BCUT2D eigenvalue weighted by Gasteiger charge is 2.20. The molecule has 1 aromatic heterocycles. The van der Waals surface area contributed by atoms with Crippen LogP contribution < -0.4 is 5.32 Å². The van der Waals surface area contributed by atoms with Gasteiger partial charge in [-0.15, -0.1) is 5.10 Å². The smallest absolute Gasteiger partial charge is 0.315 e. The number of aromatic hydroxyl groups is 3. The SMILES string of the molecule is CC(C)c1cc(-c2nnc(O)n2Cc2ccc(CCNCCC#N)cc2)c(O)cc1O. The highest BCUT2D eigenvalue weighted by Crippen LogP contribution is 2.38. The Labute approximate surface area is 181 Å². The Hall–Kier alpha value is -3.57. The maximum atomic E-state index is 10.4. The molecule has 0 aliphatic heterocycles. The maximum absolute atomic E-state index is 10.4. The Morgan fingerprint density at radius 3 is 2.39 bits per heavy atom. The molecule has 0 amide bonds. The summed E-state index contributed by atoms with van der Waals surface area (Å²) in [4.78, 5) is 0. The minimum absolute atomic E-state index is 0.0178. The number of phenols is 2. The molecule has 0 spiro atoms. The lowest BCUT2D eigenvalue weighted by molar-refractivity contribution is 0.404. The number of nitrogens with one attached hydrogen (secondary N) is 1. The first-order valence-corrected chi connectivity index (χ1v) is 10.2. The lowest BCUT2D eigenvalue weighted by atomic mass is 9.98. The monoisotopic (exact) mass is 421 g/mol. The highest BCUT2D eigenvalue weighted by atomic mass is 16.3. The number of hydrogen-bond donors (Lipinski definition) is 4. The molecular formula is C23H27N5O3. The van der Waals surface area contributed by atoms with E-state index < -0.39 is 0 Å². The van der Waals surface area contributed by atoms with Gasteiger partial charge in [0, 0.05) is 19.0 Å². The van der Waals surface area contributed by atoms with Crippen LogP contribution in [0, 0.1) is 11.3 Å². The van der Waals surface area contributed by atoms with Crippen molar-refractivity contribution in [3.63, 3.8) is 0 Å². The van der Waals surface area contributed by atoms with Crippen molar-refractivity contribution in [2.24, 2.45) is 0 Å². The summed E-state index contributed by atoms with van der Waals surface area (Å²) in [6.07, 6.45) is 1.35. The minimum Gasteiger partial charge on any atom is -0.508 e. The quantitative estimate of drug-likeness (QED) is 0.390. The van der Waals surface area contributed by atoms with Crippen molar-refractivity contribution in [1.82, 2.24) is 20.1 Å².